The van der Waals surface area contributed by atoms with Crippen LogP contribution in [0.15, 0.2) is 46.1 Å². The minimum atomic E-state index is 0. The predicted molar refractivity (Wildman–Crippen MR) is 130 cm³/mol. The van der Waals surface area contributed by atoms with Crippen molar-refractivity contribution in [3.8, 4) is 0 Å². The van der Waals surface area contributed by atoms with Gasteiger partial charge in [0.2, 0.25) is 0 Å². The highest BCUT2D eigenvalue weighted by atomic mass is 127. The Morgan fingerprint density at radius 2 is 1.96 bits per heavy atom. The van der Waals surface area contributed by atoms with Crippen LogP contribution in [0.2, 0.25) is 0 Å². The van der Waals surface area contributed by atoms with E-state index < -0.39 is 0 Å². The third kappa shape index (κ3) is 5.48. The zero-order valence-electron chi connectivity index (χ0n) is 16.7. The maximum Gasteiger partial charge on any atom is 0.191 e. The molecule has 0 spiro atoms. The van der Waals surface area contributed by atoms with Crippen molar-refractivity contribution >= 4 is 41.3 Å². The first-order valence-electron chi connectivity index (χ1n) is 10.0. The number of rotatable bonds is 5. The van der Waals surface area contributed by atoms with Gasteiger partial charge in [0.05, 0.1) is 0 Å². The molecule has 2 N–H and O–H groups in total. The van der Waals surface area contributed by atoms with Crippen LogP contribution in [0.5, 0.6) is 0 Å². The van der Waals surface area contributed by atoms with E-state index in [1.54, 1.807) is 11.3 Å². The molecule has 4 nitrogen and oxygen atoms in total. The molecule has 1 saturated heterocycles. The molecule has 6 heteroatoms. The molecule has 0 radical (unpaired) electrons. The van der Waals surface area contributed by atoms with E-state index in [2.05, 4.69) is 68.5 Å². The fraction of sp³-hybridized carbons (Fsp3) is 0.500. The average molecular weight is 510 g/mol. The third-order valence-corrected chi connectivity index (χ3v) is 6.57. The first-order chi connectivity index (χ1) is 13.2. The van der Waals surface area contributed by atoms with Crippen LogP contribution >= 0.6 is 35.3 Å². The number of nitrogens with one attached hydrogen (secondary N) is 2. The number of hydrogen-bond donors (Lipinski definition) is 2. The Morgan fingerprint density at radius 1 is 1.18 bits per heavy atom. The van der Waals surface area contributed by atoms with Crippen molar-refractivity contribution in [3.63, 3.8) is 0 Å². The van der Waals surface area contributed by atoms with Crippen LogP contribution in [0, 0.1) is 6.92 Å². The number of thiophene rings is 1. The van der Waals surface area contributed by atoms with Crippen molar-refractivity contribution in [2.45, 2.75) is 50.7 Å². The third-order valence-electron chi connectivity index (χ3n) is 5.84. The largest absolute Gasteiger partial charge is 0.354 e. The molecule has 0 amide bonds. The summed E-state index contributed by atoms with van der Waals surface area (Å²) in [5, 5.41) is 11.7. The smallest absolute Gasteiger partial charge is 0.191 e. The summed E-state index contributed by atoms with van der Waals surface area (Å²) >= 11 is 1.79. The summed E-state index contributed by atoms with van der Waals surface area (Å²) in [7, 11) is 1.88. The number of guanidine groups is 1. The maximum atomic E-state index is 4.47. The Morgan fingerprint density at radius 3 is 2.64 bits per heavy atom. The van der Waals surface area contributed by atoms with Crippen molar-refractivity contribution < 1.29 is 0 Å². The summed E-state index contributed by atoms with van der Waals surface area (Å²) in [5.74, 6) is 1.59. The number of likely N-dealkylation sites (tertiary alicyclic amines) is 1. The van der Waals surface area contributed by atoms with Crippen LogP contribution in [0.3, 0.4) is 0 Å². The van der Waals surface area contributed by atoms with Crippen molar-refractivity contribution in [1.82, 2.24) is 15.5 Å². The molecule has 2 fully saturated rings. The second-order valence-corrected chi connectivity index (χ2v) is 8.63. The highest BCUT2D eigenvalue weighted by Gasteiger charge is 2.39. The number of aliphatic imine (C=N–C) groups is 1. The summed E-state index contributed by atoms with van der Waals surface area (Å²) in [4.78, 5) is 7.04. The van der Waals surface area contributed by atoms with E-state index >= 15 is 0 Å². The molecule has 1 aliphatic carbocycles. The van der Waals surface area contributed by atoms with Crippen molar-refractivity contribution in [2.75, 3.05) is 20.1 Å². The van der Waals surface area contributed by atoms with Gasteiger partial charge in [-0.3, -0.25) is 9.89 Å². The fourth-order valence-electron chi connectivity index (χ4n) is 4.12. The lowest BCUT2D eigenvalue weighted by molar-refractivity contribution is 0.198. The molecule has 2 heterocycles. The van der Waals surface area contributed by atoms with E-state index in [4.69, 9.17) is 0 Å². The molecule has 2 aliphatic rings. The molecule has 2 aromatic rings. The Balaban J connectivity index is 0.00000225. The number of hydrogen-bond acceptors (Lipinski definition) is 3. The maximum absolute atomic E-state index is 4.47. The van der Waals surface area contributed by atoms with Gasteiger partial charge in [-0.2, -0.15) is 11.3 Å². The van der Waals surface area contributed by atoms with Crippen LogP contribution in [-0.4, -0.2) is 43.1 Å². The number of halogens is 1. The van der Waals surface area contributed by atoms with Gasteiger partial charge in [-0.25, -0.2) is 0 Å². The second-order valence-electron chi connectivity index (χ2n) is 7.85. The van der Waals surface area contributed by atoms with E-state index in [0.29, 0.717) is 18.0 Å². The number of benzene rings is 1. The van der Waals surface area contributed by atoms with Gasteiger partial charge >= 0.3 is 0 Å². The fourth-order valence-corrected chi connectivity index (χ4v) is 4.78. The molecule has 0 bridgehead atoms. The lowest BCUT2D eigenvalue weighted by atomic mass is 10.0. The van der Waals surface area contributed by atoms with Crippen LogP contribution in [-0.2, 0) is 6.54 Å². The first-order valence-corrected chi connectivity index (χ1v) is 11.0. The molecular weight excluding hydrogens is 479 g/mol. The number of aryl methyl sites for hydroxylation is 1. The van der Waals surface area contributed by atoms with Gasteiger partial charge in [-0.05, 0) is 59.7 Å². The molecule has 1 aromatic carbocycles. The predicted octanol–water partition coefficient (Wildman–Crippen LogP) is 4.36. The molecule has 2 unspecified atom stereocenters. The summed E-state index contributed by atoms with van der Waals surface area (Å²) in [6.45, 7) is 5.60. The minimum Gasteiger partial charge on any atom is -0.354 e. The number of piperidine rings is 1. The monoisotopic (exact) mass is 510 g/mol. The zero-order valence-corrected chi connectivity index (χ0v) is 19.9. The van der Waals surface area contributed by atoms with Gasteiger partial charge in [-0.15, -0.1) is 24.0 Å². The molecule has 2 atom stereocenters. The molecule has 28 heavy (non-hydrogen) atoms. The summed E-state index contributed by atoms with van der Waals surface area (Å²) in [5.41, 5.74) is 4.32. The van der Waals surface area contributed by atoms with Crippen molar-refractivity contribution in [1.29, 1.82) is 0 Å². The topological polar surface area (TPSA) is 39.7 Å². The van der Waals surface area contributed by atoms with E-state index in [9.17, 15) is 0 Å². The van der Waals surface area contributed by atoms with Gasteiger partial charge in [0.15, 0.2) is 5.96 Å². The van der Waals surface area contributed by atoms with Crippen LogP contribution in [0.25, 0.3) is 0 Å². The van der Waals surface area contributed by atoms with Crippen LogP contribution in [0.1, 0.15) is 41.9 Å². The Bertz CT molecular complexity index is 769. The van der Waals surface area contributed by atoms with Crippen molar-refractivity contribution in [2.24, 2.45) is 4.99 Å². The second kappa shape index (κ2) is 10.1. The normalized spacial score (nSPS) is 23.1. The van der Waals surface area contributed by atoms with Gasteiger partial charge < -0.3 is 10.6 Å². The highest BCUT2D eigenvalue weighted by Crippen LogP contribution is 2.42. The molecule has 1 saturated carbocycles. The molecule has 1 aliphatic heterocycles. The Kier molecular flexibility index (Phi) is 7.77. The first kappa shape index (κ1) is 21.6. The summed E-state index contributed by atoms with van der Waals surface area (Å²) in [6, 6.07) is 12.0. The lowest BCUT2D eigenvalue weighted by Crippen LogP contribution is -2.49. The van der Waals surface area contributed by atoms with E-state index in [1.807, 2.05) is 7.05 Å². The minimum absolute atomic E-state index is 0. The van der Waals surface area contributed by atoms with Crippen molar-refractivity contribution in [3.05, 3.63) is 57.8 Å². The summed E-state index contributed by atoms with van der Waals surface area (Å²) < 4.78 is 0. The SMILES string of the molecule is CN=C(NC1CCN(Cc2ccsc2)CC1)NC1CC1c1ccccc1C.I. The lowest BCUT2D eigenvalue weighted by Gasteiger charge is -2.33. The average Bonchev–Trinajstić information content (AvgIpc) is 3.24. The van der Waals surface area contributed by atoms with Gasteiger partial charge in [-0.1, -0.05) is 24.3 Å². The van der Waals surface area contributed by atoms with Crippen LogP contribution in [0.4, 0.5) is 0 Å². The number of nitrogens with zero attached hydrogens (tertiary/aromatic N) is 2. The highest BCUT2D eigenvalue weighted by molar-refractivity contribution is 14.0. The molecule has 4 rings (SSSR count). The molecule has 1 aromatic heterocycles. The standard InChI is InChI=1S/C22H30N4S.HI/c1-16-5-3-4-6-19(16)20-13-21(20)25-22(23-2)24-18-7-10-26(11-8-18)14-17-9-12-27-15-17;/h3-6,9,12,15,18,20-21H,7-8,10-11,13-14H2,1-2H3,(H2,23,24,25);1H. The van der Waals surface area contributed by atoms with E-state index in [-0.39, 0.29) is 24.0 Å². The quantitative estimate of drug-likeness (QED) is 0.357. The van der Waals surface area contributed by atoms with Gasteiger partial charge in [0.1, 0.15) is 0 Å². The molecular formula is C22H31IN4S. The zero-order chi connectivity index (χ0) is 18.6. The van der Waals surface area contributed by atoms with Crippen LogP contribution < -0.4 is 10.6 Å². The van der Waals surface area contributed by atoms with Gasteiger partial charge in [0, 0.05) is 44.7 Å². The Labute approximate surface area is 189 Å². The van der Waals surface area contributed by atoms with E-state index in [0.717, 1.165) is 25.6 Å². The van der Waals surface area contributed by atoms with Gasteiger partial charge in [0.25, 0.3) is 0 Å². The Hall–Kier alpha value is -1.12. The van der Waals surface area contributed by atoms with E-state index in [1.165, 1.54) is 36.0 Å². The summed E-state index contributed by atoms with van der Waals surface area (Å²) in [6.07, 6.45) is 3.55. The molecule has 152 valence electrons.